The summed E-state index contributed by atoms with van der Waals surface area (Å²) in [6, 6.07) is 14.7. The molecule has 0 unspecified atom stereocenters. The summed E-state index contributed by atoms with van der Waals surface area (Å²) in [5.74, 6) is 0.730. The summed E-state index contributed by atoms with van der Waals surface area (Å²) in [6.45, 7) is 0.472. The predicted molar refractivity (Wildman–Crippen MR) is 88.7 cm³/mol. The maximum atomic E-state index is 11.6. The Labute approximate surface area is 137 Å². The Morgan fingerprint density at radius 2 is 1.86 bits per heavy atom. The van der Waals surface area contributed by atoms with E-state index in [1.165, 1.54) is 14.2 Å². The molecule has 0 bridgehead atoms. The zero-order chi connectivity index (χ0) is 15.9. The van der Waals surface area contributed by atoms with Gasteiger partial charge in [0.2, 0.25) is 0 Å². The number of nitrogens with zero attached hydrogens (tertiary/aromatic N) is 1. The van der Waals surface area contributed by atoms with Crippen LogP contribution in [0, 0.1) is 0 Å². The van der Waals surface area contributed by atoms with Crippen LogP contribution in [0.4, 0.5) is 10.5 Å². The Kier molecular flexibility index (Phi) is 5.80. The van der Waals surface area contributed by atoms with Crippen LogP contribution in [-0.2, 0) is 11.4 Å². The molecule has 0 heterocycles. The van der Waals surface area contributed by atoms with Crippen molar-refractivity contribution in [2.45, 2.75) is 6.61 Å². The molecule has 0 aliphatic rings. The Bertz CT molecular complexity index is 632. The van der Waals surface area contributed by atoms with Gasteiger partial charge in [-0.25, -0.2) is 9.86 Å². The van der Waals surface area contributed by atoms with Crippen LogP contribution in [0.2, 0.25) is 0 Å². The molecule has 0 aliphatic heterocycles. The van der Waals surface area contributed by atoms with E-state index < -0.39 is 0 Å². The van der Waals surface area contributed by atoms with Crippen molar-refractivity contribution in [3.8, 4) is 5.75 Å². The number of rotatable bonds is 5. The Morgan fingerprint density at radius 1 is 1.18 bits per heavy atom. The lowest BCUT2D eigenvalue weighted by Crippen LogP contribution is -2.30. The van der Waals surface area contributed by atoms with Crippen molar-refractivity contribution in [2.75, 3.05) is 19.5 Å². The zero-order valence-electron chi connectivity index (χ0n) is 12.4. The van der Waals surface area contributed by atoms with Gasteiger partial charge in [0.1, 0.15) is 12.4 Å². The first-order valence-corrected chi connectivity index (χ1v) is 7.44. The maximum Gasteiger partial charge on any atom is 0.345 e. The number of hydroxylamine groups is 2. The highest BCUT2D eigenvalue weighted by molar-refractivity contribution is 9.10. The number of ether oxygens (including phenoxy) is 1. The molecule has 0 aliphatic carbocycles. The lowest BCUT2D eigenvalue weighted by Gasteiger charge is -2.15. The number of carbonyl (C=O) groups excluding carboxylic acids is 1. The number of urea groups is 1. The summed E-state index contributed by atoms with van der Waals surface area (Å²) < 4.78 is 6.74. The molecule has 0 fully saturated rings. The number of nitrogens with one attached hydrogen (secondary N) is 1. The van der Waals surface area contributed by atoms with E-state index in [9.17, 15) is 4.79 Å². The van der Waals surface area contributed by atoms with Gasteiger partial charge < -0.3 is 10.1 Å². The van der Waals surface area contributed by atoms with E-state index in [0.29, 0.717) is 12.3 Å². The minimum absolute atomic E-state index is 0.343. The normalized spacial score (nSPS) is 10.1. The molecule has 2 amide bonds. The van der Waals surface area contributed by atoms with Gasteiger partial charge >= 0.3 is 6.03 Å². The molecule has 6 heteroatoms. The molecule has 2 aromatic carbocycles. The highest BCUT2D eigenvalue weighted by Crippen LogP contribution is 2.20. The first-order chi connectivity index (χ1) is 10.6. The molecular formula is C16H17BrN2O3. The van der Waals surface area contributed by atoms with Crippen LogP contribution >= 0.6 is 15.9 Å². The lowest BCUT2D eigenvalue weighted by molar-refractivity contribution is -0.0598. The van der Waals surface area contributed by atoms with Crippen LogP contribution in [0.25, 0.3) is 0 Å². The minimum atomic E-state index is -0.343. The summed E-state index contributed by atoms with van der Waals surface area (Å²) in [5.41, 5.74) is 1.74. The van der Waals surface area contributed by atoms with Crippen molar-refractivity contribution in [1.82, 2.24) is 5.06 Å². The third kappa shape index (κ3) is 4.47. The first kappa shape index (κ1) is 16.3. The number of amides is 2. The fourth-order valence-corrected chi connectivity index (χ4v) is 2.10. The number of anilines is 1. The number of hydrogen-bond donors (Lipinski definition) is 1. The fraction of sp³-hybridized carbons (Fsp3) is 0.188. The van der Waals surface area contributed by atoms with Crippen molar-refractivity contribution in [3.05, 3.63) is 58.6 Å². The van der Waals surface area contributed by atoms with Crippen LogP contribution in [0.5, 0.6) is 5.75 Å². The van der Waals surface area contributed by atoms with Crippen LogP contribution < -0.4 is 10.1 Å². The largest absolute Gasteiger partial charge is 0.489 e. The van der Waals surface area contributed by atoms with E-state index >= 15 is 0 Å². The SMILES string of the molecule is CON(C)C(=O)Nc1ccc(OCc2ccccc2Br)cc1. The summed E-state index contributed by atoms with van der Waals surface area (Å²) >= 11 is 3.48. The molecule has 0 aromatic heterocycles. The highest BCUT2D eigenvalue weighted by Gasteiger charge is 2.07. The quantitative estimate of drug-likeness (QED) is 0.814. The van der Waals surface area contributed by atoms with E-state index in [4.69, 9.17) is 9.57 Å². The zero-order valence-corrected chi connectivity index (χ0v) is 14.0. The van der Waals surface area contributed by atoms with Gasteiger partial charge in [0.25, 0.3) is 0 Å². The summed E-state index contributed by atoms with van der Waals surface area (Å²) in [4.78, 5) is 16.4. The predicted octanol–water partition coefficient (Wildman–Crippen LogP) is 4.05. The smallest absolute Gasteiger partial charge is 0.345 e. The number of carbonyl (C=O) groups is 1. The molecule has 0 atom stereocenters. The topological polar surface area (TPSA) is 50.8 Å². The lowest BCUT2D eigenvalue weighted by atomic mass is 10.2. The average Bonchev–Trinajstić information content (AvgIpc) is 2.54. The minimum Gasteiger partial charge on any atom is -0.489 e. The molecule has 0 radical (unpaired) electrons. The van der Waals surface area contributed by atoms with Crippen LogP contribution in [0.15, 0.2) is 53.0 Å². The third-order valence-electron chi connectivity index (χ3n) is 3.02. The molecule has 2 rings (SSSR count). The summed E-state index contributed by atoms with van der Waals surface area (Å²) in [6.07, 6.45) is 0. The van der Waals surface area contributed by atoms with Gasteiger partial charge in [0, 0.05) is 22.8 Å². The average molecular weight is 365 g/mol. The van der Waals surface area contributed by atoms with Gasteiger partial charge in [-0.15, -0.1) is 0 Å². The van der Waals surface area contributed by atoms with Crippen molar-refractivity contribution >= 4 is 27.6 Å². The van der Waals surface area contributed by atoms with Crippen LogP contribution in [0.3, 0.4) is 0 Å². The number of hydrogen-bond acceptors (Lipinski definition) is 3. The van der Waals surface area contributed by atoms with Crippen molar-refractivity contribution < 1.29 is 14.4 Å². The molecule has 116 valence electrons. The molecule has 5 nitrogen and oxygen atoms in total. The van der Waals surface area contributed by atoms with E-state index in [1.54, 1.807) is 24.3 Å². The van der Waals surface area contributed by atoms with Gasteiger partial charge in [-0.2, -0.15) is 0 Å². The van der Waals surface area contributed by atoms with E-state index in [2.05, 4.69) is 21.2 Å². The van der Waals surface area contributed by atoms with E-state index in [1.807, 2.05) is 24.3 Å². The van der Waals surface area contributed by atoms with Crippen molar-refractivity contribution in [1.29, 1.82) is 0 Å². The third-order valence-corrected chi connectivity index (χ3v) is 3.79. The summed E-state index contributed by atoms with van der Waals surface area (Å²) in [5, 5.41) is 3.81. The molecule has 0 spiro atoms. The van der Waals surface area contributed by atoms with E-state index in [0.717, 1.165) is 20.8 Å². The molecule has 0 saturated heterocycles. The monoisotopic (exact) mass is 364 g/mol. The van der Waals surface area contributed by atoms with Gasteiger partial charge in [0.15, 0.2) is 0 Å². The molecule has 0 saturated carbocycles. The van der Waals surface area contributed by atoms with Crippen molar-refractivity contribution in [2.24, 2.45) is 0 Å². The second-order valence-corrected chi connectivity index (χ2v) is 5.37. The number of benzene rings is 2. The summed E-state index contributed by atoms with van der Waals surface area (Å²) in [7, 11) is 2.96. The van der Waals surface area contributed by atoms with Gasteiger partial charge in [-0.3, -0.25) is 4.84 Å². The maximum absolute atomic E-state index is 11.6. The Morgan fingerprint density at radius 3 is 2.50 bits per heavy atom. The van der Waals surface area contributed by atoms with Crippen LogP contribution in [0.1, 0.15) is 5.56 Å². The molecule has 1 N–H and O–H groups in total. The Hall–Kier alpha value is -2.05. The molecular weight excluding hydrogens is 348 g/mol. The highest BCUT2D eigenvalue weighted by atomic mass is 79.9. The second kappa shape index (κ2) is 7.82. The van der Waals surface area contributed by atoms with Gasteiger partial charge in [-0.1, -0.05) is 34.1 Å². The molecule has 2 aromatic rings. The van der Waals surface area contributed by atoms with Gasteiger partial charge in [-0.05, 0) is 30.3 Å². The van der Waals surface area contributed by atoms with Crippen LogP contribution in [-0.4, -0.2) is 25.3 Å². The molecule has 22 heavy (non-hydrogen) atoms. The fourth-order valence-electron chi connectivity index (χ4n) is 1.70. The second-order valence-electron chi connectivity index (χ2n) is 4.51. The Balaban J connectivity index is 1.92. The number of halogens is 1. The van der Waals surface area contributed by atoms with Gasteiger partial charge in [0.05, 0.1) is 7.11 Å². The van der Waals surface area contributed by atoms with E-state index in [-0.39, 0.29) is 6.03 Å². The standard InChI is InChI=1S/C16H17BrN2O3/c1-19(21-2)16(20)18-13-7-9-14(10-8-13)22-11-12-5-3-4-6-15(12)17/h3-10H,11H2,1-2H3,(H,18,20). The van der Waals surface area contributed by atoms with Crippen molar-refractivity contribution in [3.63, 3.8) is 0 Å². The first-order valence-electron chi connectivity index (χ1n) is 6.65.